The summed E-state index contributed by atoms with van der Waals surface area (Å²) in [6, 6.07) is -7.08. The molecule has 0 fully saturated rings. The van der Waals surface area contributed by atoms with Gasteiger partial charge in [-0.15, -0.1) is 0 Å². The maximum Gasteiger partial charge on any atom is 0.327 e. The summed E-state index contributed by atoms with van der Waals surface area (Å²) in [7, 11) is 0. The minimum atomic E-state index is -1.67. The molecule has 0 bridgehead atoms. The van der Waals surface area contributed by atoms with E-state index in [1.54, 1.807) is 0 Å². The molecule has 0 unspecified atom stereocenters. The van der Waals surface area contributed by atoms with E-state index in [-0.39, 0.29) is 18.6 Å². The third kappa shape index (κ3) is 13.5. The molecule has 6 amide bonds. The number of nitrogens with one attached hydrogen (secondary N) is 4. The molecule has 12 N–H and O–H groups in total. The highest BCUT2D eigenvalue weighted by Crippen LogP contribution is 2.04. The van der Waals surface area contributed by atoms with Gasteiger partial charge in [-0.3, -0.25) is 28.8 Å². The van der Waals surface area contributed by atoms with Gasteiger partial charge in [-0.1, -0.05) is 0 Å². The number of carboxylic acid groups (broad SMARTS) is 1. The standard InChI is InChI=1S/C20H35N7O9S2/c1-38-5-4-9(21)16(31)26-12(7-28)19(34)25-11(6-15(23)30)18(33)24-10(2-3-14(22)29)17(32)27-13(8-37)20(35)36/h9-13,28,37H,2-8,21H2,1H3,(H2,22,29)(H2,23,30)(H,24,33)(H,25,34)(H,26,31)(H,27,32)(H,35,36)/t9-,10-,11-,12-,13-/m0/s1. The van der Waals surface area contributed by atoms with Gasteiger partial charge in [0.15, 0.2) is 0 Å². The first-order valence-corrected chi connectivity index (χ1v) is 13.3. The van der Waals surface area contributed by atoms with Gasteiger partial charge < -0.3 is 48.7 Å². The van der Waals surface area contributed by atoms with Crippen molar-refractivity contribution in [2.75, 3.05) is 24.4 Å². The second-order valence-corrected chi connectivity index (χ2v) is 9.36. The number of thioether (sulfide) groups is 1. The Morgan fingerprint density at radius 1 is 0.789 bits per heavy atom. The van der Waals surface area contributed by atoms with Crippen LogP contribution in [0.5, 0.6) is 0 Å². The molecule has 216 valence electrons. The van der Waals surface area contributed by atoms with Gasteiger partial charge in [0.2, 0.25) is 35.4 Å². The van der Waals surface area contributed by atoms with Gasteiger partial charge in [0, 0.05) is 12.2 Å². The number of aliphatic hydroxyl groups excluding tert-OH is 1. The summed E-state index contributed by atoms with van der Waals surface area (Å²) in [5.41, 5.74) is 16.0. The number of carboxylic acids is 1. The van der Waals surface area contributed by atoms with Crippen molar-refractivity contribution in [1.29, 1.82) is 0 Å². The third-order valence-electron chi connectivity index (χ3n) is 4.93. The van der Waals surface area contributed by atoms with Gasteiger partial charge in [0.25, 0.3) is 0 Å². The van der Waals surface area contributed by atoms with E-state index in [1.165, 1.54) is 11.8 Å². The quantitative estimate of drug-likeness (QED) is 0.0645. The zero-order chi connectivity index (χ0) is 29.4. The molecule has 0 aromatic heterocycles. The number of aliphatic carboxylic acids is 1. The van der Waals surface area contributed by atoms with Gasteiger partial charge in [-0.05, 0) is 24.9 Å². The molecule has 0 radical (unpaired) electrons. The predicted molar refractivity (Wildman–Crippen MR) is 140 cm³/mol. The fraction of sp³-hybridized carbons (Fsp3) is 0.650. The van der Waals surface area contributed by atoms with Gasteiger partial charge in [0.1, 0.15) is 24.2 Å². The third-order valence-corrected chi connectivity index (χ3v) is 5.94. The fourth-order valence-corrected chi connectivity index (χ4v) is 3.55. The molecule has 0 aromatic rings. The fourth-order valence-electron chi connectivity index (χ4n) is 2.82. The first kappa shape index (κ1) is 34.9. The number of aliphatic hydroxyl groups is 1. The zero-order valence-electron chi connectivity index (χ0n) is 20.7. The van der Waals surface area contributed by atoms with Crippen LogP contribution in [-0.4, -0.2) is 106 Å². The highest BCUT2D eigenvalue weighted by Gasteiger charge is 2.32. The maximum absolute atomic E-state index is 12.9. The highest BCUT2D eigenvalue weighted by molar-refractivity contribution is 7.98. The first-order chi connectivity index (χ1) is 17.8. The first-order valence-electron chi connectivity index (χ1n) is 11.2. The number of thiol groups is 1. The van der Waals surface area contributed by atoms with Crippen molar-refractivity contribution in [3.05, 3.63) is 0 Å². The molecule has 0 rings (SSSR count). The molecule has 0 spiro atoms. The van der Waals surface area contributed by atoms with Crippen LogP contribution in [0.1, 0.15) is 25.7 Å². The van der Waals surface area contributed by atoms with Crippen molar-refractivity contribution in [2.24, 2.45) is 17.2 Å². The molecule has 38 heavy (non-hydrogen) atoms. The van der Waals surface area contributed by atoms with E-state index in [0.29, 0.717) is 12.2 Å². The summed E-state index contributed by atoms with van der Waals surface area (Å²) in [5, 5.41) is 27.4. The van der Waals surface area contributed by atoms with Crippen LogP contribution in [0, 0.1) is 0 Å². The Bertz CT molecular complexity index is 878. The topological polar surface area (TPSA) is 286 Å². The van der Waals surface area contributed by atoms with E-state index in [9.17, 15) is 38.7 Å². The van der Waals surface area contributed by atoms with E-state index < -0.39 is 84.6 Å². The van der Waals surface area contributed by atoms with E-state index in [1.807, 2.05) is 6.26 Å². The molecule has 0 heterocycles. The molecule has 0 aliphatic heterocycles. The number of carbonyl (C=O) groups is 7. The number of amides is 6. The predicted octanol–water partition coefficient (Wildman–Crippen LogP) is -4.85. The molecular formula is C20H35N7O9S2. The average Bonchev–Trinajstić information content (AvgIpc) is 2.84. The summed E-state index contributed by atoms with van der Waals surface area (Å²) in [5.74, 6) is -6.84. The molecule has 0 saturated carbocycles. The lowest BCUT2D eigenvalue weighted by atomic mass is 10.1. The van der Waals surface area contributed by atoms with Gasteiger partial charge in [-0.2, -0.15) is 24.4 Å². The zero-order valence-corrected chi connectivity index (χ0v) is 22.4. The molecule has 0 saturated heterocycles. The number of primary amides is 2. The maximum atomic E-state index is 12.9. The lowest BCUT2D eigenvalue weighted by Gasteiger charge is -2.25. The van der Waals surface area contributed by atoms with Crippen molar-refractivity contribution in [3.8, 4) is 0 Å². The Morgan fingerprint density at radius 3 is 1.76 bits per heavy atom. The SMILES string of the molecule is CSCC[C@H](N)C(=O)N[C@@H](CO)C(=O)N[C@@H](CC(N)=O)C(=O)N[C@@H](CCC(N)=O)C(=O)N[C@@H](CS)C(=O)O. The smallest absolute Gasteiger partial charge is 0.327 e. The van der Waals surface area contributed by atoms with Crippen LogP contribution in [-0.2, 0) is 33.6 Å². The summed E-state index contributed by atoms with van der Waals surface area (Å²) < 4.78 is 0. The largest absolute Gasteiger partial charge is 0.480 e. The Morgan fingerprint density at radius 2 is 1.29 bits per heavy atom. The Hall–Kier alpha value is -3.09. The van der Waals surface area contributed by atoms with Crippen LogP contribution in [0.4, 0.5) is 0 Å². The van der Waals surface area contributed by atoms with Crippen molar-refractivity contribution >= 4 is 65.8 Å². The number of carbonyl (C=O) groups excluding carboxylic acids is 6. The minimum absolute atomic E-state index is 0.285. The van der Waals surface area contributed by atoms with Crippen molar-refractivity contribution in [3.63, 3.8) is 0 Å². The van der Waals surface area contributed by atoms with Crippen LogP contribution in [0.15, 0.2) is 0 Å². The van der Waals surface area contributed by atoms with E-state index in [4.69, 9.17) is 22.3 Å². The summed E-state index contributed by atoms with van der Waals surface area (Å²) in [4.78, 5) is 84.3. The molecule has 5 atom stereocenters. The molecule has 0 aromatic carbocycles. The van der Waals surface area contributed by atoms with E-state index in [2.05, 4.69) is 33.9 Å². The number of nitrogens with two attached hydrogens (primary N) is 3. The van der Waals surface area contributed by atoms with Gasteiger partial charge in [-0.25, -0.2) is 4.79 Å². The summed E-state index contributed by atoms with van der Waals surface area (Å²) in [6.07, 6.45) is 0.649. The van der Waals surface area contributed by atoms with Crippen molar-refractivity contribution in [2.45, 2.75) is 55.9 Å². The van der Waals surface area contributed by atoms with Crippen molar-refractivity contribution < 1.29 is 43.8 Å². The second-order valence-electron chi connectivity index (χ2n) is 8.01. The Balaban J connectivity index is 5.62. The molecular weight excluding hydrogens is 546 g/mol. The lowest BCUT2D eigenvalue weighted by Crippen LogP contribution is -2.59. The highest BCUT2D eigenvalue weighted by atomic mass is 32.2. The van der Waals surface area contributed by atoms with Crippen LogP contribution < -0.4 is 38.5 Å². The molecule has 16 nitrogen and oxygen atoms in total. The molecule has 0 aliphatic rings. The van der Waals surface area contributed by atoms with Crippen LogP contribution >= 0.6 is 24.4 Å². The van der Waals surface area contributed by atoms with Gasteiger partial charge >= 0.3 is 5.97 Å². The van der Waals surface area contributed by atoms with E-state index >= 15 is 0 Å². The average molecular weight is 582 g/mol. The Kier molecular flexibility index (Phi) is 16.7. The summed E-state index contributed by atoms with van der Waals surface area (Å²) in [6.45, 7) is -0.873. The lowest BCUT2D eigenvalue weighted by molar-refractivity contribution is -0.142. The number of hydrogen-bond donors (Lipinski definition) is 10. The normalized spacial score (nSPS) is 14.6. The molecule has 18 heteroatoms. The summed E-state index contributed by atoms with van der Waals surface area (Å²) >= 11 is 5.28. The number of hydrogen-bond acceptors (Lipinski definition) is 11. The van der Waals surface area contributed by atoms with Crippen molar-refractivity contribution in [1.82, 2.24) is 21.3 Å². The molecule has 0 aliphatic carbocycles. The van der Waals surface area contributed by atoms with Gasteiger partial charge in [0.05, 0.1) is 19.1 Å². The minimum Gasteiger partial charge on any atom is -0.480 e. The van der Waals surface area contributed by atoms with Crippen LogP contribution in [0.2, 0.25) is 0 Å². The Labute approximate surface area is 228 Å². The number of rotatable bonds is 19. The van der Waals surface area contributed by atoms with E-state index in [0.717, 1.165) is 0 Å². The van der Waals surface area contributed by atoms with Crippen LogP contribution in [0.3, 0.4) is 0 Å². The second kappa shape index (κ2) is 18.2. The monoisotopic (exact) mass is 581 g/mol. The van der Waals surface area contributed by atoms with Crippen LogP contribution in [0.25, 0.3) is 0 Å².